The van der Waals surface area contributed by atoms with E-state index in [1.54, 1.807) is 30.3 Å². The number of methoxy groups -OCH3 is 1. The second-order valence-electron chi connectivity index (χ2n) is 7.63. The molecule has 0 bridgehead atoms. The van der Waals surface area contributed by atoms with E-state index < -0.39 is 17.6 Å². The first kappa shape index (κ1) is 24.7. The number of rotatable bonds is 8. The minimum Gasteiger partial charge on any atom is -0.496 e. The molecule has 4 rings (SSSR count). The number of amides is 2. The van der Waals surface area contributed by atoms with Gasteiger partial charge in [-0.15, -0.1) is 0 Å². The van der Waals surface area contributed by atoms with Crippen LogP contribution in [0, 0.1) is 5.82 Å². The quantitative estimate of drug-likeness (QED) is 0.247. The average Bonchev–Trinajstić information content (AvgIpc) is 2.88. The highest BCUT2D eigenvalue weighted by molar-refractivity contribution is 6.32. The van der Waals surface area contributed by atoms with Gasteiger partial charge in [0.2, 0.25) is 0 Å². The topological polar surface area (TPSA) is 89.0 Å². The van der Waals surface area contributed by atoms with Crippen molar-refractivity contribution in [3.63, 3.8) is 0 Å². The van der Waals surface area contributed by atoms with E-state index in [-0.39, 0.29) is 11.6 Å². The molecule has 7 nitrogen and oxygen atoms in total. The van der Waals surface area contributed by atoms with Crippen molar-refractivity contribution >= 4 is 46.1 Å². The standard InChI is InChI=1S/C27H21ClFN3O4/c1-35-25-14-19-5-3-2-4-18(19)13-22(25)27(34)32-30-15-17-6-11-24(23(28)12-17)36-16-26(33)31-21-9-7-20(29)8-10-21/h2-15H,16H2,1H3,(H,31,33)(H,32,34)/b30-15-. The molecule has 0 heterocycles. The molecule has 4 aromatic rings. The third-order valence-electron chi connectivity index (χ3n) is 5.13. The Morgan fingerprint density at radius 2 is 1.69 bits per heavy atom. The molecule has 4 aromatic carbocycles. The lowest BCUT2D eigenvalue weighted by molar-refractivity contribution is -0.118. The zero-order valence-corrected chi connectivity index (χ0v) is 19.9. The molecule has 36 heavy (non-hydrogen) atoms. The summed E-state index contributed by atoms with van der Waals surface area (Å²) in [4.78, 5) is 24.7. The van der Waals surface area contributed by atoms with E-state index >= 15 is 0 Å². The number of hydrogen-bond acceptors (Lipinski definition) is 5. The summed E-state index contributed by atoms with van der Waals surface area (Å²) in [7, 11) is 1.50. The van der Waals surface area contributed by atoms with Crippen LogP contribution in [0.5, 0.6) is 11.5 Å². The van der Waals surface area contributed by atoms with Crippen LogP contribution in [0.2, 0.25) is 5.02 Å². The van der Waals surface area contributed by atoms with Crippen molar-refractivity contribution in [1.29, 1.82) is 0 Å². The maximum absolute atomic E-state index is 13.0. The number of halogens is 2. The van der Waals surface area contributed by atoms with Gasteiger partial charge < -0.3 is 14.8 Å². The Morgan fingerprint density at radius 1 is 0.972 bits per heavy atom. The highest BCUT2D eigenvalue weighted by Crippen LogP contribution is 2.26. The van der Waals surface area contributed by atoms with Gasteiger partial charge in [0.05, 0.1) is 23.9 Å². The Kier molecular flexibility index (Phi) is 7.77. The zero-order chi connectivity index (χ0) is 25.5. The normalized spacial score (nSPS) is 10.9. The third-order valence-corrected chi connectivity index (χ3v) is 5.43. The van der Waals surface area contributed by atoms with Crippen molar-refractivity contribution in [2.24, 2.45) is 5.10 Å². The molecule has 0 fully saturated rings. The molecule has 0 aliphatic rings. The van der Waals surface area contributed by atoms with Crippen LogP contribution in [0.4, 0.5) is 10.1 Å². The summed E-state index contributed by atoms with van der Waals surface area (Å²) < 4.78 is 23.8. The summed E-state index contributed by atoms with van der Waals surface area (Å²) in [6.45, 7) is -0.284. The lowest BCUT2D eigenvalue weighted by Crippen LogP contribution is -2.20. The van der Waals surface area contributed by atoms with Gasteiger partial charge in [0.15, 0.2) is 6.61 Å². The predicted molar refractivity (Wildman–Crippen MR) is 138 cm³/mol. The smallest absolute Gasteiger partial charge is 0.275 e. The minimum atomic E-state index is -0.424. The van der Waals surface area contributed by atoms with Gasteiger partial charge in [0.1, 0.15) is 17.3 Å². The summed E-state index contributed by atoms with van der Waals surface area (Å²) in [6, 6.07) is 21.4. The molecule has 0 unspecified atom stereocenters. The van der Waals surface area contributed by atoms with E-state index in [9.17, 15) is 14.0 Å². The molecule has 0 spiro atoms. The molecular formula is C27H21ClFN3O4. The van der Waals surface area contributed by atoms with E-state index in [0.29, 0.717) is 28.3 Å². The zero-order valence-electron chi connectivity index (χ0n) is 19.1. The number of carbonyl (C=O) groups is 2. The fourth-order valence-electron chi connectivity index (χ4n) is 3.38. The molecule has 2 N–H and O–H groups in total. The second kappa shape index (κ2) is 11.3. The molecule has 0 radical (unpaired) electrons. The Hall–Kier alpha value is -4.43. The van der Waals surface area contributed by atoms with Crippen molar-refractivity contribution in [2.45, 2.75) is 0 Å². The van der Waals surface area contributed by atoms with Crippen LogP contribution < -0.4 is 20.2 Å². The highest BCUT2D eigenvalue weighted by atomic mass is 35.5. The number of nitrogens with zero attached hydrogens (tertiary/aromatic N) is 1. The summed E-state index contributed by atoms with van der Waals surface area (Å²) in [5, 5.41) is 8.72. The van der Waals surface area contributed by atoms with Crippen molar-refractivity contribution < 1.29 is 23.5 Å². The van der Waals surface area contributed by atoms with Crippen LogP contribution in [-0.4, -0.2) is 31.7 Å². The molecule has 0 aliphatic carbocycles. The lowest BCUT2D eigenvalue weighted by Gasteiger charge is -2.10. The van der Waals surface area contributed by atoms with Gasteiger partial charge in [0.25, 0.3) is 11.8 Å². The second-order valence-corrected chi connectivity index (χ2v) is 8.04. The molecule has 0 aromatic heterocycles. The molecule has 9 heteroatoms. The van der Waals surface area contributed by atoms with Gasteiger partial charge >= 0.3 is 0 Å². The predicted octanol–water partition coefficient (Wildman–Crippen LogP) is 5.42. The highest BCUT2D eigenvalue weighted by Gasteiger charge is 2.13. The number of hydrogen-bond donors (Lipinski definition) is 2. The van der Waals surface area contributed by atoms with Gasteiger partial charge in [-0.25, -0.2) is 9.82 Å². The monoisotopic (exact) mass is 505 g/mol. The summed E-state index contributed by atoms with van der Waals surface area (Å²) in [5.41, 5.74) is 3.90. The number of benzene rings is 4. The minimum absolute atomic E-state index is 0.260. The van der Waals surface area contributed by atoms with Crippen LogP contribution in [0.3, 0.4) is 0 Å². The van der Waals surface area contributed by atoms with Gasteiger partial charge in [-0.05, 0) is 70.9 Å². The summed E-state index contributed by atoms with van der Waals surface area (Å²) >= 11 is 6.26. The molecular weight excluding hydrogens is 485 g/mol. The molecule has 182 valence electrons. The van der Waals surface area contributed by atoms with Gasteiger partial charge in [-0.2, -0.15) is 5.10 Å². The number of anilines is 1. The van der Waals surface area contributed by atoms with Crippen molar-refractivity contribution in [3.8, 4) is 11.5 Å². The number of fused-ring (bicyclic) bond motifs is 1. The fraction of sp³-hybridized carbons (Fsp3) is 0.0741. The Morgan fingerprint density at radius 3 is 2.39 bits per heavy atom. The Bertz CT molecular complexity index is 1440. The van der Waals surface area contributed by atoms with E-state index in [0.717, 1.165) is 10.8 Å². The molecule has 2 amide bonds. The fourth-order valence-corrected chi connectivity index (χ4v) is 3.62. The number of carbonyl (C=O) groups excluding carboxylic acids is 2. The van der Waals surface area contributed by atoms with Crippen molar-refractivity contribution in [3.05, 3.63) is 101 Å². The average molecular weight is 506 g/mol. The number of hydrazone groups is 1. The van der Waals surface area contributed by atoms with E-state index in [1.165, 1.54) is 37.6 Å². The van der Waals surface area contributed by atoms with Crippen LogP contribution >= 0.6 is 11.6 Å². The summed E-state index contributed by atoms with van der Waals surface area (Å²) in [6.07, 6.45) is 1.43. The Balaban J connectivity index is 1.35. The van der Waals surface area contributed by atoms with Crippen LogP contribution in [0.25, 0.3) is 10.8 Å². The first-order chi connectivity index (χ1) is 17.4. The van der Waals surface area contributed by atoms with Gasteiger partial charge in [-0.3, -0.25) is 9.59 Å². The molecule has 0 saturated heterocycles. The van der Waals surface area contributed by atoms with Gasteiger partial charge in [-0.1, -0.05) is 35.9 Å². The van der Waals surface area contributed by atoms with E-state index in [1.807, 2.05) is 24.3 Å². The first-order valence-electron chi connectivity index (χ1n) is 10.8. The molecule has 0 saturated carbocycles. The molecule has 0 atom stereocenters. The number of ether oxygens (including phenoxy) is 2. The lowest BCUT2D eigenvalue weighted by atomic mass is 10.1. The molecule has 0 aliphatic heterocycles. The largest absolute Gasteiger partial charge is 0.496 e. The van der Waals surface area contributed by atoms with Crippen molar-refractivity contribution in [1.82, 2.24) is 5.43 Å². The van der Waals surface area contributed by atoms with E-state index in [4.69, 9.17) is 21.1 Å². The third kappa shape index (κ3) is 6.17. The first-order valence-corrected chi connectivity index (χ1v) is 11.2. The van der Waals surface area contributed by atoms with Crippen LogP contribution in [0.15, 0.2) is 84.0 Å². The number of nitrogens with one attached hydrogen (secondary N) is 2. The SMILES string of the molecule is COc1cc2ccccc2cc1C(=O)N/N=C\c1ccc(OCC(=O)Nc2ccc(F)cc2)c(Cl)c1. The summed E-state index contributed by atoms with van der Waals surface area (Å²) in [5.74, 6) is -0.503. The van der Waals surface area contributed by atoms with Crippen LogP contribution in [-0.2, 0) is 4.79 Å². The Labute approximate surface area is 211 Å². The maximum Gasteiger partial charge on any atom is 0.275 e. The van der Waals surface area contributed by atoms with Crippen molar-refractivity contribution in [2.75, 3.05) is 19.0 Å². The maximum atomic E-state index is 13.0. The van der Waals surface area contributed by atoms with Gasteiger partial charge in [0, 0.05) is 5.69 Å². The van der Waals surface area contributed by atoms with Crippen LogP contribution in [0.1, 0.15) is 15.9 Å². The van der Waals surface area contributed by atoms with E-state index in [2.05, 4.69) is 15.8 Å².